The Balaban J connectivity index is 2.76. The first-order valence-electron chi connectivity index (χ1n) is 6.55. The summed E-state index contributed by atoms with van der Waals surface area (Å²) in [4.78, 5) is 11.3. The van der Waals surface area contributed by atoms with Crippen LogP contribution in [0.15, 0.2) is 0 Å². The third kappa shape index (κ3) is 3.90. The zero-order valence-corrected chi connectivity index (χ0v) is 12.9. The van der Waals surface area contributed by atoms with E-state index >= 15 is 0 Å². The first-order chi connectivity index (χ1) is 8.52. The minimum atomic E-state index is -3.53. The summed E-state index contributed by atoms with van der Waals surface area (Å²) in [6, 6.07) is 0. The number of carboxylic acids is 1. The molecule has 0 aliphatic carbocycles. The van der Waals surface area contributed by atoms with Gasteiger partial charge in [-0.3, -0.25) is 4.79 Å². The van der Waals surface area contributed by atoms with E-state index in [-0.39, 0.29) is 13.1 Å². The number of nitrogens with one attached hydrogen (secondary N) is 1. The zero-order valence-electron chi connectivity index (χ0n) is 12.1. The lowest BCUT2D eigenvalue weighted by Gasteiger charge is -2.38. The van der Waals surface area contributed by atoms with Gasteiger partial charge in [-0.15, -0.1) is 0 Å². The van der Waals surface area contributed by atoms with Gasteiger partial charge in [0, 0.05) is 18.6 Å². The molecule has 0 bridgehead atoms. The second kappa shape index (κ2) is 5.38. The number of rotatable bonds is 4. The summed E-state index contributed by atoms with van der Waals surface area (Å²) in [6.45, 7) is 7.69. The third-order valence-corrected chi connectivity index (χ3v) is 5.50. The molecule has 0 radical (unpaired) electrons. The van der Waals surface area contributed by atoms with Crippen LogP contribution in [0.3, 0.4) is 0 Å². The van der Waals surface area contributed by atoms with Crippen LogP contribution in [0.4, 0.5) is 0 Å². The highest BCUT2D eigenvalue weighted by Gasteiger charge is 2.42. The van der Waals surface area contributed by atoms with Gasteiger partial charge in [-0.1, -0.05) is 6.92 Å². The van der Waals surface area contributed by atoms with Crippen LogP contribution >= 0.6 is 0 Å². The monoisotopic (exact) mass is 292 g/mol. The van der Waals surface area contributed by atoms with Gasteiger partial charge in [0.05, 0.1) is 5.41 Å². The van der Waals surface area contributed by atoms with Gasteiger partial charge >= 0.3 is 5.97 Å². The summed E-state index contributed by atoms with van der Waals surface area (Å²) in [5.74, 6) is -0.823. The maximum absolute atomic E-state index is 12.1. The van der Waals surface area contributed by atoms with Crippen molar-refractivity contribution in [2.24, 2.45) is 5.41 Å². The van der Waals surface area contributed by atoms with E-state index in [1.165, 1.54) is 4.31 Å². The summed E-state index contributed by atoms with van der Waals surface area (Å²) in [5.41, 5.74) is -1.31. The summed E-state index contributed by atoms with van der Waals surface area (Å²) in [5, 5.41) is 9.28. The molecule has 19 heavy (non-hydrogen) atoms. The fourth-order valence-electron chi connectivity index (χ4n) is 2.32. The molecule has 0 aromatic carbocycles. The van der Waals surface area contributed by atoms with Crippen molar-refractivity contribution in [3.8, 4) is 0 Å². The van der Waals surface area contributed by atoms with Crippen molar-refractivity contribution in [3.05, 3.63) is 0 Å². The minimum absolute atomic E-state index is 0.256. The number of aliphatic carboxylic acids is 1. The largest absolute Gasteiger partial charge is 0.481 e. The highest BCUT2D eigenvalue weighted by atomic mass is 32.2. The third-order valence-electron chi connectivity index (χ3n) is 3.59. The molecule has 0 unspecified atom stereocenters. The lowest BCUT2D eigenvalue weighted by atomic mass is 9.77. The van der Waals surface area contributed by atoms with Gasteiger partial charge in [0.15, 0.2) is 0 Å². The van der Waals surface area contributed by atoms with Crippen LogP contribution in [0.1, 0.15) is 47.0 Å². The molecule has 1 aliphatic rings. The Hall–Kier alpha value is -0.660. The van der Waals surface area contributed by atoms with Gasteiger partial charge in [0.1, 0.15) is 0 Å². The Morgan fingerprint density at radius 1 is 1.32 bits per heavy atom. The number of carbonyl (C=O) groups is 1. The second-order valence-electron chi connectivity index (χ2n) is 6.20. The molecule has 112 valence electrons. The standard InChI is InChI=1S/C12H24N2O4S/c1-5-12(10(15)16)6-8-14(9-7-12)19(17,18)13-11(2,3)4/h13H,5-9H2,1-4H3,(H,15,16). The number of hydrogen-bond acceptors (Lipinski definition) is 3. The molecular formula is C12H24N2O4S. The molecule has 1 fully saturated rings. The van der Waals surface area contributed by atoms with Crippen LogP contribution < -0.4 is 4.72 Å². The maximum atomic E-state index is 12.1. The summed E-state index contributed by atoms with van der Waals surface area (Å²) in [7, 11) is -3.53. The van der Waals surface area contributed by atoms with E-state index < -0.39 is 27.1 Å². The smallest absolute Gasteiger partial charge is 0.309 e. The van der Waals surface area contributed by atoms with E-state index in [4.69, 9.17) is 0 Å². The maximum Gasteiger partial charge on any atom is 0.309 e. The van der Waals surface area contributed by atoms with Crippen LogP contribution in [0, 0.1) is 5.41 Å². The van der Waals surface area contributed by atoms with Crippen molar-refractivity contribution in [2.45, 2.75) is 52.5 Å². The molecule has 2 N–H and O–H groups in total. The summed E-state index contributed by atoms with van der Waals surface area (Å²) in [6.07, 6.45) is 1.26. The Kier molecular flexibility index (Phi) is 4.64. The van der Waals surface area contributed by atoms with E-state index in [0.29, 0.717) is 19.3 Å². The van der Waals surface area contributed by atoms with Gasteiger partial charge in [0.25, 0.3) is 10.2 Å². The Bertz CT molecular complexity index is 431. The first kappa shape index (κ1) is 16.4. The van der Waals surface area contributed by atoms with E-state index in [1.54, 1.807) is 20.8 Å². The van der Waals surface area contributed by atoms with E-state index in [1.807, 2.05) is 6.92 Å². The predicted molar refractivity (Wildman–Crippen MR) is 73.0 cm³/mol. The average Bonchev–Trinajstić information content (AvgIpc) is 2.25. The van der Waals surface area contributed by atoms with Gasteiger partial charge < -0.3 is 5.11 Å². The fraction of sp³-hybridized carbons (Fsp3) is 0.917. The van der Waals surface area contributed by atoms with Crippen LogP contribution in [-0.4, -0.2) is 42.4 Å². The lowest BCUT2D eigenvalue weighted by Crippen LogP contribution is -2.53. The number of piperidine rings is 1. The number of nitrogens with zero attached hydrogens (tertiary/aromatic N) is 1. The molecule has 1 rings (SSSR count). The molecule has 0 saturated carbocycles. The van der Waals surface area contributed by atoms with E-state index in [2.05, 4.69) is 4.72 Å². The molecule has 1 saturated heterocycles. The number of hydrogen-bond donors (Lipinski definition) is 2. The zero-order chi connectivity index (χ0) is 14.9. The highest BCUT2D eigenvalue weighted by molar-refractivity contribution is 7.87. The van der Waals surface area contributed by atoms with Crippen molar-refractivity contribution in [1.82, 2.24) is 9.03 Å². The second-order valence-corrected chi connectivity index (χ2v) is 7.87. The minimum Gasteiger partial charge on any atom is -0.481 e. The van der Waals surface area contributed by atoms with Gasteiger partial charge in [-0.2, -0.15) is 17.4 Å². The SMILES string of the molecule is CCC1(C(=O)O)CCN(S(=O)(=O)NC(C)(C)C)CC1. The Labute approximate surface area is 115 Å². The predicted octanol–water partition coefficient (Wildman–Crippen LogP) is 1.20. The molecule has 0 aromatic heterocycles. The van der Waals surface area contributed by atoms with Gasteiger partial charge in [-0.25, -0.2) is 0 Å². The molecule has 7 heteroatoms. The summed E-state index contributed by atoms with van der Waals surface area (Å²) < 4.78 is 28.2. The van der Waals surface area contributed by atoms with Crippen molar-refractivity contribution < 1.29 is 18.3 Å². The fourth-order valence-corrected chi connectivity index (χ4v) is 3.89. The molecule has 0 aromatic rings. The van der Waals surface area contributed by atoms with Crippen LogP contribution in [0.2, 0.25) is 0 Å². The number of carboxylic acid groups (broad SMARTS) is 1. The normalized spacial score (nSPS) is 21.3. The van der Waals surface area contributed by atoms with Gasteiger partial charge in [-0.05, 0) is 40.0 Å². The molecule has 0 amide bonds. The topological polar surface area (TPSA) is 86.7 Å². The molecule has 1 aliphatic heterocycles. The Morgan fingerprint density at radius 2 is 1.79 bits per heavy atom. The van der Waals surface area contributed by atoms with Crippen molar-refractivity contribution in [2.75, 3.05) is 13.1 Å². The van der Waals surface area contributed by atoms with Crippen LogP contribution in [0.25, 0.3) is 0 Å². The van der Waals surface area contributed by atoms with Crippen molar-refractivity contribution in [1.29, 1.82) is 0 Å². The molecule has 1 heterocycles. The van der Waals surface area contributed by atoms with Crippen LogP contribution in [0.5, 0.6) is 0 Å². The first-order valence-corrected chi connectivity index (χ1v) is 7.99. The van der Waals surface area contributed by atoms with E-state index in [9.17, 15) is 18.3 Å². The lowest BCUT2D eigenvalue weighted by molar-refractivity contribution is -0.151. The van der Waals surface area contributed by atoms with Gasteiger partial charge in [0.2, 0.25) is 0 Å². The van der Waals surface area contributed by atoms with Crippen molar-refractivity contribution >= 4 is 16.2 Å². The average molecular weight is 292 g/mol. The van der Waals surface area contributed by atoms with E-state index in [0.717, 1.165) is 0 Å². The van der Waals surface area contributed by atoms with Crippen molar-refractivity contribution in [3.63, 3.8) is 0 Å². The molecular weight excluding hydrogens is 268 g/mol. The molecule has 0 atom stereocenters. The van der Waals surface area contributed by atoms with Crippen LogP contribution in [-0.2, 0) is 15.0 Å². The molecule has 6 nitrogen and oxygen atoms in total. The Morgan fingerprint density at radius 3 is 2.11 bits per heavy atom. The molecule has 0 spiro atoms. The summed E-state index contributed by atoms with van der Waals surface area (Å²) >= 11 is 0. The quantitative estimate of drug-likeness (QED) is 0.815. The highest BCUT2D eigenvalue weighted by Crippen LogP contribution is 2.35.